The molecule has 0 bridgehead atoms. The van der Waals surface area contributed by atoms with E-state index in [1.165, 1.54) is 20.6 Å². The van der Waals surface area contributed by atoms with Crippen LogP contribution in [0.15, 0.2) is 30.3 Å². The van der Waals surface area contributed by atoms with Crippen LogP contribution < -0.4 is 16.4 Å². The third-order valence-corrected chi connectivity index (χ3v) is 9.46. The van der Waals surface area contributed by atoms with Gasteiger partial charge < -0.3 is 40.4 Å². The zero-order valence-corrected chi connectivity index (χ0v) is 34.0. The number of benzene rings is 1. The van der Waals surface area contributed by atoms with Crippen LogP contribution in [0.2, 0.25) is 0 Å². The summed E-state index contributed by atoms with van der Waals surface area (Å²) in [6.45, 7) is 14.7. The van der Waals surface area contributed by atoms with E-state index >= 15 is 0 Å². The van der Waals surface area contributed by atoms with Gasteiger partial charge in [0.2, 0.25) is 23.6 Å². The van der Waals surface area contributed by atoms with Crippen molar-refractivity contribution in [2.45, 2.75) is 142 Å². The van der Waals surface area contributed by atoms with Crippen LogP contribution in [0.25, 0.3) is 0 Å². The summed E-state index contributed by atoms with van der Waals surface area (Å²) in [4.78, 5) is 69.7. The maximum absolute atomic E-state index is 14.0. The van der Waals surface area contributed by atoms with E-state index in [1.807, 2.05) is 30.3 Å². The number of likely N-dealkylation sites (N-methyl/N-ethyl adjacent to an activating group) is 1. The molecule has 0 radical (unpaired) electrons. The molecule has 1 aliphatic heterocycles. The number of carbonyl (C=O) groups is 5. The molecule has 1 aromatic carbocycles. The van der Waals surface area contributed by atoms with Gasteiger partial charge in [0.1, 0.15) is 11.6 Å². The number of nitrogens with zero attached hydrogens (tertiary/aromatic N) is 2. The summed E-state index contributed by atoms with van der Waals surface area (Å²) < 4.78 is 17.4. The zero-order valence-electron chi connectivity index (χ0n) is 34.0. The second-order valence-corrected chi connectivity index (χ2v) is 16.0. The van der Waals surface area contributed by atoms with Gasteiger partial charge in [-0.2, -0.15) is 0 Å². The maximum atomic E-state index is 14.0. The number of carbonyl (C=O) groups excluding carboxylic acids is 5. The minimum absolute atomic E-state index is 0.0305. The molecule has 1 saturated heterocycles. The Morgan fingerprint density at radius 3 is 2.09 bits per heavy atom. The Labute approximate surface area is 317 Å². The predicted molar refractivity (Wildman–Crippen MR) is 205 cm³/mol. The normalized spacial score (nSPS) is 18.7. The third kappa shape index (κ3) is 14.3. The lowest BCUT2D eigenvalue weighted by atomic mass is 9.93. The van der Waals surface area contributed by atoms with Crippen LogP contribution in [0.3, 0.4) is 0 Å². The van der Waals surface area contributed by atoms with E-state index < -0.39 is 47.2 Å². The molecule has 0 spiro atoms. The molecule has 2 fully saturated rings. The molecule has 6 unspecified atom stereocenters. The molecule has 0 aromatic heterocycles. The van der Waals surface area contributed by atoms with Crippen LogP contribution in [-0.2, 0) is 44.6 Å². The highest BCUT2D eigenvalue weighted by molar-refractivity contribution is 5.89. The van der Waals surface area contributed by atoms with E-state index in [0.29, 0.717) is 13.0 Å². The van der Waals surface area contributed by atoms with Crippen molar-refractivity contribution in [1.29, 1.82) is 0 Å². The van der Waals surface area contributed by atoms with Gasteiger partial charge >= 0.3 is 5.97 Å². The number of nitrogens with two attached hydrogens (primary N) is 1. The Balaban J connectivity index is 0.00000313. The number of rotatable bonds is 17. The quantitative estimate of drug-likeness (QED) is 0.202. The summed E-state index contributed by atoms with van der Waals surface area (Å²) in [5, 5.41) is 5.51. The van der Waals surface area contributed by atoms with Crippen molar-refractivity contribution in [1.82, 2.24) is 20.4 Å². The largest absolute Gasteiger partial charge is 0.458 e. The number of likely N-dealkylation sites (tertiary alicyclic amines) is 1. The monoisotopic (exact) mass is 745 g/mol. The van der Waals surface area contributed by atoms with Crippen molar-refractivity contribution in [3.8, 4) is 0 Å². The SMILES string of the molecule is CCC.COC(CC(=O)N1CCCC1C(OC)C(C)C(=O)NC(Cc1ccccc1)C(=O)OC(C)(C)C)C(C1CC1)N(C)C(=O)CNC(=O)C(C)(C)N. The first-order valence-electron chi connectivity index (χ1n) is 19.0. The molecule has 6 atom stereocenters. The number of methoxy groups -OCH3 is 2. The van der Waals surface area contributed by atoms with E-state index in [-0.39, 0.29) is 55.1 Å². The fraction of sp³-hybridized carbons (Fsp3) is 0.725. The summed E-state index contributed by atoms with van der Waals surface area (Å²) in [6.07, 6.45) is 3.49. The van der Waals surface area contributed by atoms with Gasteiger partial charge in [-0.1, -0.05) is 57.5 Å². The van der Waals surface area contributed by atoms with Crippen molar-refractivity contribution < 1.29 is 38.2 Å². The maximum Gasteiger partial charge on any atom is 0.329 e. The van der Waals surface area contributed by atoms with Crippen LogP contribution in [0.4, 0.5) is 0 Å². The molecule has 3 rings (SSSR count). The van der Waals surface area contributed by atoms with Crippen molar-refractivity contribution >= 4 is 29.6 Å². The van der Waals surface area contributed by atoms with E-state index in [2.05, 4.69) is 24.5 Å². The van der Waals surface area contributed by atoms with Crippen molar-refractivity contribution in [2.75, 3.05) is 34.4 Å². The van der Waals surface area contributed by atoms with Crippen LogP contribution in [0.5, 0.6) is 0 Å². The molecular weight excluding hydrogens is 678 g/mol. The standard InChI is InChI=1S/C37H59N5O8.C3H8/c1-23(33(45)40-26(34(46)50-36(2,3)4)20-24-14-11-10-12-15-24)32(49-9)27-16-13-19-42(27)29(43)21-28(48-8)31(25-17-18-25)41(7)30(44)22-39-35(47)37(5,6)38;1-3-2/h10-12,14-15,23,25-28,31-32H,13,16-22,38H2,1-9H3,(H,39,47)(H,40,45);3H2,1-2H3. The van der Waals surface area contributed by atoms with Gasteiger partial charge in [0.15, 0.2) is 0 Å². The van der Waals surface area contributed by atoms with Gasteiger partial charge in [-0.15, -0.1) is 0 Å². The number of ether oxygens (including phenoxy) is 3. The Morgan fingerprint density at radius 1 is 0.981 bits per heavy atom. The molecule has 1 aromatic rings. The average Bonchev–Trinajstić information content (AvgIpc) is 3.80. The smallest absolute Gasteiger partial charge is 0.329 e. The topological polar surface area (TPSA) is 170 Å². The van der Waals surface area contributed by atoms with Crippen molar-refractivity contribution in [3.05, 3.63) is 35.9 Å². The van der Waals surface area contributed by atoms with Crippen LogP contribution in [0, 0.1) is 11.8 Å². The Kier molecular flexibility index (Phi) is 17.9. The number of esters is 1. The van der Waals surface area contributed by atoms with Gasteiger partial charge in [-0.3, -0.25) is 19.2 Å². The number of hydrogen-bond acceptors (Lipinski definition) is 9. The first-order valence-corrected chi connectivity index (χ1v) is 19.0. The molecule has 2 aliphatic rings. The third-order valence-electron chi connectivity index (χ3n) is 9.46. The zero-order chi connectivity index (χ0) is 40.1. The second-order valence-electron chi connectivity index (χ2n) is 16.0. The first-order chi connectivity index (χ1) is 24.8. The fourth-order valence-electron chi connectivity index (χ4n) is 6.62. The van der Waals surface area contributed by atoms with Gasteiger partial charge in [-0.05, 0) is 71.8 Å². The summed E-state index contributed by atoms with van der Waals surface area (Å²) >= 11 is 0. The minimum atomic E-state index is -1.12. The lowest BCUT2D eigenvalue weighted by molar-refractivity contribution is -0.159. The highest BCUT2D eigenvalue weighted by Crippen LogP contribution is 2.38. The summed E-state index contributed by atoms with van der Waals surface area (Å²) in [5.74, 6) is -2.34. The highest BCUT2D eigenvalue weighted by atomic mass is 16.6. The second kappa shape index (κ2) is 20.8. The van der Waals surface area contributed by atoms with E-state index in [1.54, 1.807) is 58.4 Å². The Morgan fingerprint density at radius 2 is 1.58 bits per heavy atom. The molecule has 4 amide bonds. The van der Waals surface area contributed by atoms with Crippen LogP contribution in [0.1, 0.15) is 99.5 Å². The van der Waals surface area contributed by atoms with E-state index in [4.69, 9.17) is 19.9 Å². The minimum Gasteiger partial charge on any atom is -0.458 e. The van der Waals surface area contributed by atoms with Crippen molar-refractivity contribution in [2.24, 2.45) is 17.6 Å². The van der Waals surface area contributed by atoms with Crippen LogP contribution >= 0.6 is 0 Å². The molecular formula is C40H67N5O8. The van der Waals surface area contributed by atoms with Gasteiger partial charge in [-0.25, -0.2) is 4.79 Å². The molecule has 4 N–H and O–H groups in total. The molecule has 13 nitrogen and oxygen atoms in total. The average molecular weight is 746 g/mol. The molecule has 53 heavy (non-hydrogen) atoms. The van der Waals surface area contributed by atoms with Gasteiger partial charge in [0, 0.05) is 34.2 Å². The summed E-state index contributed by atoms with van der Waals surface area (Å²) in [7, 11) is 4.73. The summed E-state index contributed by atoms with van der Waals surface area (Å²) in [5.41, 5.74) is 4.87. The van der Waals surface area contributed by atoms with E-state index in [0.717, 1.165) is 24.8 Å². The lowest BCUT2D eigenvalue weighted by Gasteiger charge is -2.37. The molecule has 13 heteroatoms. The first kappa shape index (κ1) is 45.6. The van der Waals surface area contributed by atoms with Crippen molar-refractivity contribution in [3.63, 3.8) is 0 Å². The summed E-state index contributed by atoms with van der Waals surface area (Å²) in [6, 6.07) is 7.75. The van der Waals surface area contributed by atoms with Crippen LogP contribution in [-0.4, -0.2) is 115 Å². The number of nitrogens with one attached hydrogen (secondary N) is 2. The Bertz CT molecular complexity index is 1340. The van der Waals surface area contributed by atoms with Gasteiger partial charge in [0.25, 0.3) is 0 Å². The highest BCUT2D eigenvalue weighted by Gasteiger charge is 2.45. The molecule has 1 saturated carbocycles. The van der Waals surface area contributed by atoms with Gasteiger partial charge in [0.05, 0.1) is 48.7 Å². The molecule has 1 heterocycles. The Hall–Kier alpha value is -3.55. The van der Waals surface area contributed by atoms with E-state index in [9.17, 15) is 24.0 Å². The molecule has 1 aliphatic carbocycles. The fourth-order valence-corrected chi connectivity index (χ4v) is 6.62. The number of amides is 4. The predicted octanol–water partition coefficient (Wildman–Crippen LogP) is 3.61. The molecule has 300 valence electrons. The lowest BCUT2D eigenvalue weighted by Crippen LogP contribution is -2.55. The number of hydrogen-bond donors (Lipinski definition) is 3.